The van der Waals surface area contributed by atoms with Gasteiger partial charge in [0, 0.05) is 24.1 Å². The quantitative estimate of drug-likeness (QED) is 0.456. The van der Waals surface area contributed by atoms with Crippen LogP contribution in [0, 0.1) is 20.8 Å². The van der Waals surface area contributed by atoms with E-state index in [9.17, 15) is 9.90 Å². The summed E-state index contributed by atoms with van der Waals surface area (Å²) in [4.78, 5) is 12.9. The molecule has 0 saturated carbocycles. The Bertz CT molecular complexity index is 897. The van der Waals surface area contributed by atoms with Crippen molar-refractivity contribution < 1.29 is 19.4 Å². The average molecular weight is 442 g/mol. The fourth-order valence-electron chi connectivity index (χ4n) is 3.76. The van der Waals surface area contributed by atoms with Crippen molar-refractivity contribution in [1.29, 1.82) is 0 Å². The zero-order valence-corrected chi connectivity index (χ0v) is 20.7. The lowest BCUT2D eigenvalue weighted by molar-refractivity contribution is 0.0969. The van der Waals surface area contributed by atoms with E-state index in [1.54, 1.807) is 7.11 Å². The van der Waals surface area contributed by atoms with Crippen LogP contribution in [0.25, 0.3) is 0 Å². The number of Topliss-reactive ketones (excluding diaryl/α,β-unsaturated/α-hetero) is 1. The first-order valence-corrected chi connectivity index (χ1v) is 11.4. The number of hydrogen-bond acceptors (Lipinski definition) is 5. The van der Waals surface area contributed by atoms with Crippen molar-refractivity contribution in [3.8, 4) is 11.5 Å². The Hall–Kier alpha value is -2.37. The third-order valence-corrected chi connectivity index (χ3v) is 5.96. The molecule has 2 N–H and O–H groups in total. The molecule has 1 atom stereocenters. The van der Waals surface area contributed by atoms with E-state index in [1.165, 1.54) is 5.56 Å². The van der Waals surface area contributed by atoms with Gasteiger partial charge in [0.1, 0.15) is 12.7 Å². The topological polar surface area (TPSA) is 67.8 Å². The number of β-amino-alcohol motifs (C(OH)–C–C–N with tert-alkyl or cyclic N) is 1. The molecule has 2 aromatic rings. The molecule has 0 aliphatic carbocycles. The summed E-state index contributed by atoms with van der Waals surface area (Å²) in [6.07, 6.45) is 1.37. The summed E-state index contributed by atoms with van der Waals surface area (Å²) in [5.74, 6) is 1.34. The van der Waals surface area contributed by atoms with E-state index in [2.05, 4.69) is 38.2 Å². The SMILES string of the molecule is CCC(C)(C)NCC(O)COc1cc(CCC(=O)c2c(C)cc(C)cc2C)ccc1OC. The minimum absolute atomic E-state index is 0.0285. The first-order valence-electron chi connectivity index (χ1n) is 11.4. The summed E-state index contributed by atoms with van der Waals surface area (Å²) in [6, 6.07) is 9.82. The standard InChI is InChI=1S/C27H39NO4/c1-8-27(5,6)28-16-22(29)17-32-25-15-21(10-12-24(25)31-7)9-11-23(30)26-19(3)13-18(2)14-20(26)4/h10,12-15,22,28-29H,8-9,11,16-17H2,1-7H3. The molecule has 0 bridgehead atoms. The largest absolute Gasteiger partial charge is 0.493 e. The van der Waals surface area contributed by atoms with E-state index in [0.717, 1.165) is 28.7 Å². The Kier molecular flexibility index (Phi) is 9.29. The van der Waals surface area contributed by atoms with Crippen LogP contribution in [0.5, 0.6) is 11.5 Å². The molecule has 0 aromatic heterocycles. The highest BCUT2D eigenvalue weighted by Gasteiger charge is 2.17. The average Bonchev–Trinajstić information content (AvgIpc) is 2.74. The van der Waals surface area contributed by atoms with Gasteiger partial charge in [-0.25, -0.2) is 0 Å². The second-order valence-corrected chi connectivity index (χ2v) is 9.27. The summed E-state index contributed by atoms with van der Waals surface area (Å²) >= 11 is 0. The van der Waals surface area contributed by atoms with Crippen LogP contribution in [0.4, 0.5) is 0 Å². The first kappa shape index (κ1) is 25.9. The first-order chi connectivity index (χ1) is 15.1. The molecule has 0 fully saturated rings. The van der Waals surface area contributed by atoms with Gasteiger partial charge in [-0.15, -0.1) is 0 Å². The minimum Gasteiger partial charge on any atom is -0.493 e. The molecule has 0 amide bonds. The van der Waals surface area contributed by atoms with Crippen molar-refractivity contribution in [2.24, 2.45) is 0 Å². The molecular formula is C27H39NO4. The van der Waals surface area contributed by atoms with Crippen molar-refractivity contribution in [1.82, 2.24) is 5.32 Å². The molecule has 0 aliphatic heterocycles. The van der Waals surface area contributed by atoms with Gasteiger partial charge in [-0.1, -0.05) is 30.7 Å². The number of carbonyl (C=O) groups excluding carboxylic acids is 1. The summed E-state index contributed by atoms with van der Waals surface area (Å²) in [5, 5.41) is 13.6. The predicted octanol–water partition coefficient (Wildman–Crippen LogP) is 4.95. The van der Waals surface area contributed by atoms with E-state index in [1.807, 2.05) is 39.0 Å². The van der Waals surface area contributed by atoms with Crippen molar-refractivity contribution in [3.05, 3.63) is 58.1 Å². The van der Waals surface area contributed by atoms with Crippen LogP contribution in [0.15, 0.2) is 30.3 Å². The Morgan fingerprint density at radius 2 is 1.75 bits per heavy atom. The molecule has 0 heterocycles. The lowest BCUT2D eigenvalue weighted by Gasteiger charge is -2.26. The van der Waals surface area contributed by atoms with Gasteiger partial charge >= 0.3 is 0 Å². The van der Waals surface area contributed by atoms with E-state index in [4.69, 9.17) is 9.47 Å². The van der Waals surface area contributed by atoms with Crippen LogP contribution in [0.1, 0.15) is 66.2 Å². The molecule has 5 nitrogen and oxygen atoms in total. The van der Waals surface area contributed by atoms with Crippen LogP contribution in [0.2, 0.25) is 0 Å². The smallest absolute Gasteiger partial charge is 0.163 e. The highest BCUT2D eigenvalue weighted by Crippen LogP contribution is 2.29. The fourth-order valence-corrected chi connectivity index (χ4v) is 3.76. The summed E-state index contributed by atoms with van der Waals surface area (Å²) in [6.45, 7) is 13.0. The van der Waals surface area contributed by atoms with Crippen LogP contribution in [0.3, 0.4) is 0 Å². The summed E-state index contributed by atoms with van der Waals surface area (Å²) in [5.41, 5.74) is 5.02. The maximum atomic E-state index is 12.9. The molecule has 2 rings (SSSR count). The van der Waals surface area contributed by atoms with E-state index in [0.29, 0.717) is 30.9 Å². The number of ketones is 1. The van der Waals surface area contributed by atoms with Crippen LogP contribution < -0.4 is 14.8 Å². The number of carbonyl (C=O) groups is 1. The van der Waals surface area contributed by atoms with Gasteiger partial charge in [0.2, 0.25) is 0 Å². The van der Waals surface area contributed by atoms with Crippen molar-refractivity contribution in [3.63, 3.8) is 0 Å². The molecule has 32 heavy (non-hydrogen) atoms. The Morgan fingerprint density at radius 3 is 2.34 bits per heavy atom. The Labute approximate surface area is 193 Å². The molecule has 5 heteroatoms. The number of ether oxygens (including phenoxy) is 2. The van der Waals surface area contributed by atoms with Crippen LogP contribution in [-0.2, 0) is 6.42 Å². The van der Waals surface area contributed by atoms with Crippen LogP contribution in [-0.4, -0.2) is 42.8 Å². The predicted molar refractivity (Wildman–Crippen MR) is 130 cm³/mol. The summed E-state index contributed by atoms with van der Waals surface area (Å²) < 4.78 is 11.3. The monoisotopic (exact) mass is 441 g/mol. The molecular weight excluding hydrogens is 402 g/mol. The molecule has 0 aliphatic rings. The van der Waals surface area contributed by atoms with E-state index in [-0.39, 0.29) is 17.9 Å². The number of aliphatic hydroxyl groups is 1. The van der Waals surface area contributed by atoms with Crippen molar-refractivity contribution in [2.45, 2.75) is 72.4 Å². The molecule has 0 radical (unpaired) electrons. The Balaban J connectivity index is 2.01. The highest BCUT2D eigenvalue weighted by molar-refractivity contribution is 5.99. The third kappa shape index (κ3) is 7.35. The third-order valence-electron chi connectivity index (χ3n) is 5.96. The normalized spacial score (nSPS) is 12.5. The maximum Gasteiger partial charge on any atom is 0.163 e. The lowest BCUT2D eigenvalue weighted by Crippen LogP contribution is -2.44. The van der Waals surface area contributed by atoms with Gasteiger partial charge in [-0.2, -0.15) is 0 Å². The molecule has 0 spiro atoms. The number of rotatable bonds is 12. The Morgan fingerprint density at radius 1 is 1.09 bits per heavy atom. The lowest BCUT2D eigenvalue weighted by atomic mass is 9.93. The zero-order chi connectivity index (χ0) is 23.9. The second-order valence-electron chi connectivity index (χ2n) is 9.27. The van der Waals surface area contributed by atoms with Gasteiger partial charge in [0.05, 0.1) is 7.11 Å². The van der Waals surface area contributed by atoms with Gasteiger partial charge < -0.3 is 19.9 Å². The molecule has 0 saturated heterocycles. The number of aliphatic hydroxyl groups excluding tert-OH is 1. The van der Waals surface area contributed by atoms with Gasteiger partial charge in [-0.3, -0.25) is 4.79 Å². The van der Waals surface area contributed by atoms with Gasteiger partial charge in [0.25, 0.3) is 0 Å². The van der Waals surface area contributed by atoms with Crippen molar-refractivity contribution in [2.75, 3.05) is 20.3 Å². The van der Waals surface area contributed by atoms with Gasteiger partial charge in [0.15, 0.2) is 17.3 Å². The number of benzene rings is 2. The number of aryl methyl sites for hydroxylation is 4. The fraction of sp³-hybridized carbons (Fsp3) is 0.519. The molecule has 176 valence electrons. The number of nitrogens with one attached hydrogen (secondary N) is 1. The van der Waals surface area contributed by atoms with Gasteiger partial charge in [-0.05, 0) is 76.3 Å². The van der Waals surface area contributed by atoms with E-state index < -0.39 is 6.10 Å². The van der Waals surface area contributed by atoms with Crippen LogP contribution >= 0.6 is 0 Å². The number of hydrogen-bond donors (Lipinski definition) is 2. The second kappa shape index (κ2) is 11.5. The summed E-state index contributed by atoms with van der Waals surface area (Å²) in [7, 11) is 1.59. The zero-order valence-electron chi connectivity index (χ0n) is 20.7. The minimum atomic E-state index is -0.636. The highest BCUT2D eigenvalue weighted by atomic mass is 16.5. The number of methoxy groups -OCH3 is 1. The maximum absolute atomic E-state index is 12.9. The molecule has 1 unspecified atom stereocenters. The van der Waals surface area contributed by atoms with Crippen molar-refractivity contribution >= 4 is 5.78 Å². The molecule has 2 aromatic carbocycles. The van der Waals surface area contributed by atoms with E-state index >= 15 is 0 Å².